The van der Waals surface area contributed by atoms with Crippen molar-refractivity contribution in [2.75, 3.05) is 0 Å². The van der Waals surface area contributed by atoms with Crippen molar-refractivity contribution in [2.45, 2.75) is 40.0 Å². The minimum atomic E-state index is 0.587. The van der Waals surface area contributed by atoms with Gasteiger partial charge >= 0.3 is 0 Å². The minimum absolute atomic E-state index is 0.587. The van der Waals surface area contributed by atoms with Gasteiger partial charge in [0.05, 0.1) is 0 Å². The summed E-state index contributed by atoms with van der Waals surface area (Å²) in [5.74, 6) is 0.884. The third kappa shape index (κ3) is 0.660. The molecule has 2 aliphatic rings. The Hall–Kier alpha value is -0.260. The summed E-state index contributed by atoms with van der Waals surface area (Å²) in [4.78, 5) is 0. The quantitative estimate of drug-likeness (QED) is 0.529. The maximum Gasteiger partial charge on any atom is -0.00396 e. The second-order valence-electron chi connectivity index (χ2n) is 4.96. The van der Waals surface area contributed by atoms with E-state index < -0.39 is 0 Å². The molecule has 0 aromatic carbocycles. The summed E-state index contributed by atoms with van der Waals surface area (Å²) in [5.41, 5.74) is 2.76. The molecule has 0 saturated heterocycles. The lowest BCUT2D eigenvalue weighted by atomic mass is 9.62. The maximum atomic E-state index is 4.14. The van der Waals surface area contributed by atoms with Crippen molar-refractivity contribution in [3.8, 4) is 0 Å². The Bertz CT molecular complexity index is 216. The second kappa shape index (κ2) is 1.73. The van der Waals surface area contributed by atoms with Gasteiger partial charge in [0, 0.05) is 0 Å². The zero-order valence-electron chi connectivity index (χ0n) is 7.91. The highest BCUT2D eigenvalue weighted by Gasteiger charge is 2.72. The molecule has 0 radical (unpaired) electrons. The van der Waals surface area contributed by atoms with Crippen molar-refractivity contribution in [1.29, 1.82) is 0 Å². The number of rotatable bonds is 2. The van der Waals surface area contributed by atoms with Gasteiger partial charge in [-0.2, -0.15) is 0 Å². The van der Waals surface area contributed by atoms with Crippen LogP contribution in [0.15, 0.2) is 12.2 Å². The summed E-state index contributed by atoms with van der Waals surface area (Å²) in [6.45, 7) is 11.2. The lowest BCUT2D eigenvalue weighted by Gasteiger charge is -2.42. The Morgan fingerprint density at radius 1 is 1.55 bits per heavy atom. The molecule has 0 aromatic rings. The monoisotopic (exact) mass is 150 g/mol. The van der Waals surface area contributed by atoms with Crippen LogP contribution in [-0.2, 0) is 0 Å². The van der Waals surface area contributed by atoms with Crippen molar-refractivity contribution >= 4 is 0 Å². The summed E-state index contributed by atoms with van der Waals surface area (Å²) in [6.07, 6.45) is 4.12. The van der Waals surface area contributed by atoms with E-state index in [1.807, 2.05) is 0 Å². The lowest BCUT2D eigenvalue weighted by Crippen LogP contribution is -2.34. The van der Waals surface area contributed by atoms with Crippen LogP contribution in [0, 0.1) is 16.7 Å². The Kier molecular flexibility index (Phi) is 1.16. The standard InChI is InChI=1S/C11H18/c1-5-6-10(3)7-11(4)8(2)9(10)11/h9H,2,5-7H2,1,3-4H3. The number of allylic oxidation sites excluding steroid dienone is 1. The molecular formula is C11H18. The predicted octanol–water partition coefficient (Wildman–Crippen LogP) is 3.39. The number of hydrogen-bond donors (Lipinski definition) is 0. The molecule has 11 heavy (non-hydrogen) atoms. The van der Waals surface area contributed by atoms with E-state index in [4.69, 9.17) is 0 Å². The Morgan fingerprint density at radius 3 is 2.45 bits per heavy atom. The zero-order chi connectivity index (χ0) is 8.28. The van der Waals surface area contributed by atoms with Crippen molar-refractivity contribution in [3.63, 3.8) is 0 Å². The van der Waals surface area contributed by atoms with Crippen molar-refractivity contribution in [3.05, 3.63) is 12.2 Å². The highest BCUT2D eigenvalue weighted by molar-refractivity contribution is 5.44. The van der Waals surface area contributed by atoms with Crippen LogP contribution in [0.25, 0.3) is 0 Å². The molecule has 0 heteroatoms. The third-order valence-corrected chi connectivity index (χ3v) is 3.92. The molecule has 2 rings (SSSR count). The van der Waals surface area contributed by atoms with E-state index in [0.29, 0.717) is 10.8 Å². The van der Waals surface area contributed by atoms with E-state index in [1.165, 1.54) is 24.8 Å². The van der Waals surface area contributed by atoms with Crippen LogP contribution in [-0.4, -0.2) is 0 Å². The first-order valence-electron chi connectivity index (χ1n) is 4.74. The highest BCUT2D eigenvalue weighted by atomic mass is 14.8. The molecule has 0 heterocycles. The molecule has 3 atom stereocenters. The van der Waals surface area contributed by atoms with Crippen molar-refractivity contribution in [1.82, 2.24) is 0 Å². The topological polar surface area (TPSA) is 0 Å². The van der Waals surface area contributed by atoms with E-state index in [0.717, 1.165) is 5.92 Å². The largest absolute Gasteiger partial charge is 0.0990 e. The summed E-state index contributed by atoms with van der Waals surface area (Å²) in [5, 5.41) is 0. The van der Waals surface area contributed by atoms with Crippen LogP contribution in [0.2, 0.25) is 0 Å². The molecule has 0 aromatic heterocycles. The fourth-order valence-electron chi connectivity index (χ4n) is 3.58. The van der Waals surface area contributed by atoms with Gasteiger partial charge < -0.3 is 0 Å². The molecule has 62 valence electrons. The van der Waals surface area contributed by atoms with E-state index in [-0.39, 0.29) is 0 Å². The Balaban J connectivity index is 2.08. The van der Waals surface area contributed by atoms with Gasteiger partial charge in [0.15, 0.2) is 0 Å². The first-order chi connectivity index (χ1) is 5.04. The van der Waals surface area contributed by atoms with Crippen LogP contribution in [0.4, 0.5) is 0 Å². The number of hydrogen-bond acceptors (Lipinski definition) is 0. The lowest BCUT2D eigenvalue weighted by molar-refractivity contribution is 0.0651. The molecule has 2 saturated carbocycles. The first kappa shape index (κ1) is 7.39. The molecule has 3 unspecified atom stereocenters. The van der Waals surface area contributed by atoms with Crippen LogP contribution in [0.5, 0.6) is 0 Å². The van der Waals surface area contributed by atoms with Crippen LogP contribution in [0.1, 0.15) is 40.0 Å². The van der Waals surface area contributed by atoms with Gasteiger partial charge in [-0.05, 0) is 29.6 Å². The van der Waals surface area contributed by atoms with E-state index in [9.17, 15) is 0 Å². The highest BCUT2D eigenvalue weighted by Crippen LogP contribution is 2.80. The summed E-state index contributed by atoms with van der Waals surface area (Å²) >= 11 is 0. The van der Waals surface area contributed by atoms with Gasteiger partial charge in [-0.15, -0.1) is 0 Å². The predicted molar refractivity (Wildman–Crippen MR) is 48.4 cm³/mol. The fourth-order valence-corrected chi connectivity index (χ4v) is 3.58. The van der Waals surface area contributed by atoms with Gasteiger partial charge in [0.25, 0.3) is 0 Å². The van der Waals surface area contributed by atoms with Gasteiger partial charge in [-0.1, -0.05) is 39.3 Å². The second-order valence-corrected chi connectivity index (χ2v) is 4.96. The van der Waals surface area contributed by atoms with Crippen LogP contribution in [0.3, 0.4) is 0 Å². The molecule has 0 aliphatic heterocycles. The smallest absolute Gasteiger partial charge is 0.00396 e. The van der Waals surface area contributed by atoms with Gasteiger partial charge in [-0.3, -0.25) is 0 Å². The van der Waals surface area contributed by atoms with E-state index >= 15 is 0 Å². The molecule has 0 nitrogen and oxygen atoms in total. The van der Waals surface area contributed by atoms with E-state index in [2.05, 4.69) is 27.4 Å². The fraction of sp³-hybridized carbons (Fsp3) is 0.818. The molecule has 0 amide bonds. The summed E-state index contributed by atoms with van der Waals surface area (Å²) < 4.78 is 0. The number of fused-ring (bicyclic) bond motifs is 1. The molecule has 2 fully saturated rings. The SMILES string of the molecule is C=C1C2C(C)(CCC)CC12C. The zero-order valence-corrected chi connectivity index (χ0v) is 7.91. The molecule has 0 bridgehead atoms. The van der Waals surface area contributed by atoms with Crippen LogP contribution < -0.4 is 0 Å². The first-order valence-corrected chi connectivity index (χ1v) is 4.74. The van der Waals surface area contributed by atoms with Gasteiger partial charge in [-0.25, -0.2) is 0 Å². The van der Waals surface area contributed by atoms with Gasteiger partial charge in [0.2, 0.25) is 0 Å². The Labute approximate surface area is 69.7 Å². The average molecular weight is 150 g/mol. The maximum absolute atomic E-state index is 4.14. The van der Waals surface area contributed by atoms with E-state index in [1.54, 1.807) is 0 Å². The summed E-state index contributed by atoms with van der Waals surface area (Å²) in [6, 6.07) is 0. The molecular weight excluding hydrogens is 132 g/mol. The third-order valence-electron chi connectivity index (χ3n) is 3.92. The molecule has 0 spiro atoms. The molecule has 0 N–H and O–H groups in total. The summed E-state index contributed by atoms with van der Waals surface area (Å²) in [7, 11) is 0. The normalized spacial score (nSPS) is 53.4. The van der Waals surface area contributed by atoms with Crippen LogP contribution >= 0.6 is 0 Å². The minimum Gasteiger partial charge on any atom is -0.0990 e. The van der Waals surface area contributed by atoms with Gasteiger partial charge in [0.1, 0.15) is 0 Å². The molecule has 2 aliphatic carbocycles. The van der Waals surface area contributed by atoms with Crippen molar-refractivity contribution in [2.24, 2.45) is 16.7 Å². The van der Waals surface area contributed by atoms with Crippen molar-refractivity contribution < 1.29 is 0 Å². The Morgan fingerprint density at radius 2 is 2.18 bits per heavy atom. The average Bonchev–Trinajstić information content (AvgIpc) is 2.29.